The van der Waals surface area contributed by atoms with Crippen LogP contribution in [0.15, 0.2) is 48.5 Å². The van der Waals surface area contributed by atoms with Gasteiger partial charge in [-0.1, -0.05) is 90.1 Å². The predicted octanol–water partition coefficient (Wildman–Crippen LogP) is 9.75. The lowest BCUT2D eigenvalue weighted by molar-refractivity contribution is 0.596. The van der Waals surface area contributed by atoms with Gasteiger partial charge in [-0.2, -0.15) is 0 Å². The van der Waals surface area contributed by atoms with Gasteiger partial charge in [-0.15, -0.1) is 0 Å². The van der Waals surface area contributed by atoms with Gasteiger partial charge in [-0.25, -0.2) is 9.97 Å². The van der Waals surface area contributed by atoms with Crippen LogP contribution in [-0.2, 0) is 23.7 Å². The van der Waals surface area contributed by atoms with Crippen molar-refractivity contribution in [2.24, 2.45) is 0 Å². The van der Waals surface area contributed by atoms with Crippen LogP contribution in [0.2, 0.25) is 0 Å². The summed E-state index contributed by atoms with van der Waals surface area (Å²) in [5, 5.41) is 13.6. The summed E-state index contributed by atoms with van der Waals surface area (Å²) in [6.07, 6.45) is 4.52. The highest BCUT2D eigenvalue weighted by atomic mass is 14.8. The zero-order valence-electron chi connectivity index (χ0n) is 23.3. The molecular weight excluding hydrogens is 460 g/mol. The highest BCUT2D eigenvalue weighted by Crippen LogP contribution is 2.53. The Morgan fingerprint density at radius 1 is 0.474 bits per heavy atom. The molecule has 0 unspecified atom stereocenters. The molecule has 0 spiro atoms. The molecule has 0 atom stereocenters. The van der Waals surface area contributed by atoms with Crippen LogP contribution in [0.1, 0.15) is 76.9 Å². The number of aryl methyl sites for hydroxylation is 2. The Bertz CT molecular complexity index is 2080. The Hall–Kier alpha value is -3.52. The quantitative estimate of drug-likeness (QED) is 0.196. The molecule has 2 heteroatoms. The van der Waals surface area contributed by atoms with Crippen LogP contribution in [0.25, 0.3) is 64.9 Å². The fourth-order valence-electron chi connectivity index (χ4n) is 7.47. The number of hydrogen-bond donors (Lipinski definition) is 0. The Kier molecular flexibility index (Phi) is 4.20. The summed E-state index contributed by atoms with van der Waals surface area (Å²) in [4.78, 5) is 10.9. The molecule has 7 aromatic rings. The average molecular weight is 495 g/mol. The van der Waals surface area contributed by atoms with E-state index in [9.17, 15) is 0 Å². The maximum Gasteiger partial charge on any atom is 0.0981 e. The van der Waals surface area contributed by atoms with Crippen LogP contribution in [-0.4, -0.2) is 9.97 Å². The molecule has 0 N–H and O–H groups in total. The lowest BCUT2D eigenvalue weighted by atomic mass is 9.81. The van der Waals surface area contributed by atoms with Crippen molar-refractivity contribution >= 4 is 64.9 Å². The molecule has 1 heterocycles. The van der Waals surface area contributed by atoms with Crippen molar-refractivity contribution < 1.29 is 0 Å². The summed E-state index contributed by atoms with van der Waals surface area (Å²) in [5.74, 6) is 0. The van der Waals surface area contributed by atoms with Gasteiger partial charge in [0, 0.05) is 16.2 Å². The Balaban J connectivity index is 1.73. The van der Waals surface area contributed by atoms with Gasteiger partial charge in [0.15, 0.2) is 0 Å². The molecule has 38 heavy (non-hydrogen) atoms. The highest BCUT2D eigenvalue weighted by molar-refractivity contribution is 6.47. The first-order chi connectivity index (χ1) is 18.1. The summed E-state index contributed by atoms with van der Waals surface area (Å²) in [7, 11) is 0. The summed E-state index contributed by atoms with van der Waals surface area (Å²) < 4.78 is 0. The van der Waals surface area contributed by atoms with Gasteiger partial charge in [0.05, 0.1) is 22.4 Å². The first kappa shape index (κ1) is 22.5. The van der Waals surface area contributed by atoms with Crippen LogP contribution >= 0.6 is 0 Å². The van der Waals surface area contributed by atoms with E-state index in [1.807, 2.05) is 0 Å². The number of nitrogens with zero attached hydrogens (tertiary/aromatic N) is 2. The molecule has 0 bridgehead atoms. The summed E-state index contributed by atoms with van der Waals surface area (Å²) in [5.41, 5.74) is 7.51. The Morgan fingerprint density at radius 3 is 1.53 bits per heavy atom. The SMILES string of the molecule is CC(C)(C)c1ccc2c3c4nc5c(nc4c4c(C(C)(C)C)ccc(c6c7ccccc7c1c26)c43)CCCC5. The normalized spacial score (nSPS) is 15.2. The van der Waals surface area contributed by atoms with E-state index in [4.69, 9.17) is 9.97 Å². The van der Waals surface area contributed by atoms with Crippen LogP contribution in [0.5, 0.6) is 0 Å². The largest absolute Gasteiger partial charge is 0.249 e. The van der Waals surface area contributed by atoms with Crippen LogP contribution in [0.3, 0.4) is 0 Å². The third-order valence-electron chi connectivity index (χ3n) is 9.13. The molecule has 188 valence electrons. The molecule has 6 aromatic carbocycles. The zero-order chi connectivity index (χ0) is 26.1. The molecule has 2 nitrogen and oxygen atoms in total. The maximum absolute atomic E-state index is 5.44. The third-order valence-corrected chi connectivity index (χ3v) is 9.13. The van der Waals surface area contributed by atoms with Crippen molar-refractivity contribution in [3.05, 3.63) is 71.0 Å². The second-order valence-electron chi connectivity index (χ2n) is 13.6. The van der Waals surface area contributed by atoms with E-state index in [0.717, 1.165) is 23.9 Å². The molecule has 0 saturated heterocycles. The highest BCUT2D eigenvalue weighted by Gasteiger charge is 2.30. The molecule has 1 aliphatic carbocycles. The van der Waals surface area contributed by atoms with Gasteiger partial charge >= 0.3 is 0 Å². The molecular formula is C36H34N2. The van der Waals surface area contributed by atoms with Gasteiger partial charge in [-0.3, -0.25) is 0 Å². The lowest BCUT2D eigenvalue weighted by Gasteiger charge is -2.23. The van der Waals surface area contributed by atoms with Crippen LogP contribution in [0.4, 0.5) is 0 Å². The van der Waals surface area contributed by atoms with Crippen LogP contribution < -0.4 is 0 Å². The van der Waals surface area contributed by atoms with Gasteiger partial charge < -0.3 is 0 Å². The molecule has 1 aromatic heterocycles. The summed E-state index contributed by atoms with van der Waals surface area (Å²) in [6, 6.07) is 18.6. The minimum atomic E-state index is 0.00838. The molecule has 1 aliphatic rings. The molecule has 0 radical (unpaired) electrons. The van der Waals surface area contributed by atoms with Crippen LogP contribution in [0, 0.1) is 0 Å². The fraction of sp³-hybridized carbons (Fsp3) is 0.333. The fourth-order valence-corrected chi connectivity index (χ4v) is 7.47. The molecule has 0 amide bonds. The first-order valence-corrected chi connectivity index (χ1v) is 14.3. The Morgan fingerprint density at radius 2 is 0.947 bits per heavy atom. The van der Waals surface area contributed by atoms with Gasteiger partial charge in [0.25, 0.3) is 0 Å². The number of rotatable bonds is 0. The predicted molar refractivity (Wildman–Crippen MR) is 163 cm³/mol. The topological polar surface area (TPSA) is 25.8 Å². The van der Waals surface area contributed by atoms with Crippen molar-refractivity contribution in [3.63, 3.8) is 0 Å². The lowest BCUT2D eigenvalue weighted by Crippen LogP contribution is -2.12. The maximum atomic E-state index is 5.44. The molecule has 0 fully saturated rings. The van der Waals surface area contributed by atoms with E-state index in [1.165, 1.54) is 89.2 Å². The van der Waals surface area contributed by atoms with E-state index in [0.29, 0.717) is 0 Å². The van der Waals surface area contributed by atoms with Gasteiger partial charge in [0.2, 0.25) is 0 Å². The minimum Gasteiger partial charge on any atom is -0.249 e. The number of hydrogen-bond acceptors (Lipinski definition) is 2. The summed E-state index contributed by atoms with van der Waals surface area (Å²) in [6.45, 7) is 14.0. The van der Waals surface area contributed by atoms with Gasteiger partial charge in [-0.05, 0) is 85.3 Å². The number of fused-ring (bicyclic) bond motifs is 9. The smallest absolute Gasteiger partial charge is 0.0981 e. The average Bonchev–Trinajstić information content (AvgIpc) is 3.39. The van der Waals surface area contributed by atoms with Crippen molar-refractivity contribution in [1.82, 2.24) is 9.97 Å². The van der Waals surface area contributed by atoms with E-state index in [-0.39, 0.29) is 10.8 Å². The van der Waals surface area contributed by atoms with E-state index >= 15 is 0 Å². The number of aromatic nitrogens is 2. The van der Waals surface area contributed by atoms with Crippen molar-refractivity contribution in [2.75, 3.05) is 0 Å². The van der Waals surface area contributed by atoms with E-state index in [2.05, 4.69) is 90.1 Å². The number of benzene rings is 4. The Labute approximate surface area is 223 Å². The van der Waals surface area contributed by atoms with Crippen molar-refractivity contribution in [3.8, 4) is 0 Å². The summed E-state index contributed by atoms with van der Waals surface area (Å²) >= 11 is 0. The van der Waals surface area contributed by atoms with Crippen molar-refractivity contribution in [1.29, 1.82) is 0 Å². The van der Waals surface area contributed by atoms with Gasteiger partial charge in [0.1, 0.15) is 0 Å². The first-order valence-electron chi connectivity index (χ1n) is 14.3. The second kappa shape index (κ2) is 7.11. The third kappa shape index (κ3) is 2.74. The molecule has 8 rings (SSSR count). The standard InChI is InChI=1S/C36H34N2/c1-35(2,3)23-17-16-22-29-27(19-11-7-8-12-20(19)28(23)29)21-15-18-24(36(4,5)6)32-30(21)31(22)33-34(32)38-26-14-10-9-13-25(26)37-33/h7-8,11-12,15-18H,9-10,13-14H2,1-6H3. The monoisotopic (exact) mass is 494 g/mol. The van der Waals surface area contributed by atoms with E-state index < -0.39 is 0 Å². The molecule has 0 saturated carbocycles. The molecule has 0 aliphatic heterocycles. The van der Waals surface area contributed by atoms with Crippen molar-refractivity contribution in [2.45, 2.75) is 78.1 Å². The second-order valence-corrected chi connectivity index (χ2v) is 13.6. The minimum absolute atomic E-state index is 0.00838. The van der Waals surface area contributed by atoms with E-state index in [1.54, 1.807) is 0 Å². The zero-order valence-corrected chi connectivity index (χ0v) is 23.3.